The minimum absolute atomic E-state index is 0.748. The van der Waals surface area contributed by atoms with Crippen LogP contribution in [0.15, 0.2) is 0 Å². The topological polar surface area (TPSA) is 3.24 Å². The molecule has 0 radical (unpaired) electrons. The highest BCUT2D eigenvalue weighted by atomic mass is 32.1. The lowest BCUT2D eigenvalue weighted by Gasteiger charge is -2.25. The molecule has 0 bridgehead atoms. The van der Waals surface area contributed by atoms with Crippen molar-refractivity contribution in [1.29, 1.82) is 0 Å². The van der Waals surface area contributed by atoms with Crippen molar-refractivity contribution in [2.45, 2.75) is 27.2 Å². The first-order valence-corrected chi connectivity index (χ1v) is 6.47. The Morgan fingerprint density at radius 2 is 2.00 bits per heavy atom. The van der Waals surface area contributed by atoms with Crippen LogP contribution in [0.4, 0.5) is 0 Å². The quantitative estimate of drug-likeness (QED) is 0.667. The van der Waals surface area contributed by atoms with Gasteiger partial charge in [-0.05, 0) is 42.9 Å². The van der Waals surface area contributed by atoms with Gasteiger partial charge in [0.15, 0.2) is 0 Å². The van der Waals surface area contributed by atoms with Crippen molar-refractivity contribution in [2.75, 3.05) is 25.9 Å². The molecule has 0 N–H and O–H groups in total. The van der Waals surface area contributed by atoms with Gasteiger partial charge in [-0.2, -0.15) is 12.6 Å². The fraction of sp³-hybridized carbons (Fsp3) is 1.00. The Bertz CT molecular complexity index is 170. The van der Waals surface area contributed by atoms with Gasteiger partial charge < -0.3 is 4.90 Å². The Morgan fingerprint density at radius 3 is 2.36 bits per heavy atom. The fourth-order valence-electron chi connectivity index (χ4n) is 2.01. The Hall–Kier alpha value is 0.310. The highest BCUT2D eigenvalue weighted by Crippen LogP contribution is 2.38. The summed E-state index contributed by atoms with van der Waals surface area (Å²) in [6, 6.07) is 0. The molecule has 1 rings (SSSR count). The molecule has 0 aromatic carbocycles. The first-order valence-electron chi connectivity index (χ1n) is 5.84. The van der Waals surface area contributed by atoms with E-state index in [1.807, 2.05) is 0 Å². The van der Waals surface area contributed by atoms with Crippen molar-refractivity contribution in [3.63, 3.8) is 0 Å². The van der Waals surface area contributed by atoms with Gasteiger partial charge in [-0.1, -0.05) is 20.8 Å². The minimum Gasteiger partial charge on any atom is -0.306 e. The van der Waals surface area contributed by atoms with Crippen molar-refractivity contribution in [3.8, 4) is 0 Å². The van der Waals surface area contributed by atoms with E-state index in [4.69, 9.17) is 0 Å². The molecular weight excluding hydrogens is 190 g/mol. The lowest BCUT2D eigenvalue weighted by molar-refractivity contribution is 0.242. The first kappa shape index (κ1) is 12.4. The lowest BCUT2D eigenvalue weighted by Crippen LogP contribution is -2.31. The van der Waals surface area contributed by atoms with Crippen LogP contribution in [0.1, 0.15) is 27.2 Å². The number of thiol groups is 1. The molecule has 0 aromatic heterocycles. The largest absolute Gasteiger partial charge is 0.306 e. The summed E-state index contributed by atoms with van der Waals surface area (Å²) in [5.74, 6) is 4.48. The second-order valence-corrected chi connectivity index (χ2v) is 5.75. The highest BCUT2D eigenvalue weighted by Gasteiger charge is 2.33. The molecule has 0 aliphatic heterocycles. The number of rotatable bonds is 6. The Labute approximate surface area is 94.7 Å². The third-order valence-electron chi connectivity index (χ3n) is 3.55. The molecule has 1 aliphatic rings. The molecule has 3 unspecified atom stereocenters. The average Bonchev–Trinajstić information content (AvgIpc) is 2.77. The summed E-state index contributed by atoms with van der Waals surface area (Å²) in [7, 11) is 2.25. The summed E-state index contributed by atoms with van der Waals surface area (Å²) in [6.07, 6.45) is 1.44. The highest BCUT2D eigenvalue weighted by molar-refractivity contribution is 7.80. The van der Waals surface area contributed by atoms with E-state index in [-0.39, 0.29) is 0 Å². The van der Waals surface area contributed by atoms with E-state index in [1.54, 1.807) is 0 Å². The zero-order valence-corrected chi connectivity index (χ0v) is 10.9. The van der Waals surface area contributed by atoms with Gasteiger partial charge >= 0.3 is 0 Å². The van der Waals surface area contributed by atoms with E-state index < -0.39 is 0 Å². The second-order valence-electron chi connectivity index (χ2n) is 5.38. The predicted molar refractivity (Wildman–Crippen MR) is 66.9 cm³/mol. The molecule has 0 amide bonds. The molecule has 1 nitrogen and oxygen atoms in total. The molecule has 84 valence electrons. The van der Waals surface area contributed by atoms with Gasteiger partial charge in [-0.25, -0.2) is 0 Å². The summed E-state index contributed by atoms with van der Waals surface area (Å²) in [5.41, 5.74) is 0. The summed E-state index contributed by atoms with van der Waals surface area (Å²) < 4.78 is 0. The molecule has 0 saturated heterocycles. The van der Waals surface area contributed by atoms with Gasteiger partial charge in [0.2, 0.25) is 0 Å². The molecule has 0 spiro atoms. The fourth-order valence-corrected chi connectivity index (χ4v) is 2.55. The van der Waals surface area contributed by atoms with Gasteiger partial charge in [0.25, 0.3) is 0 Å². The average molecular weight is 215 g/mol. The zero-order valence-electron chi connectivity index (χ0n) is 10.0. The molecule has 0 aromatic rings. The van der Waals surface area contributed by atoms with Gasteiger partial charge in [0, 0.05) is 13.1 Å². The SMILES string of the molecule is CC(C)C(CS)CN(C)CC1CC1C. The maximum absolute atomic E-state index is 4.43. The van der Waals surface area contributed by atoms with Crippen molar-refractivity contribution in [1.82, 2.24) is 4.90 Å². The molecular formula is C12H25NS. The van der Waals surface area contributed by atoms with Crippen LogP contribution in [-0.4, -0.2) is 30.8 Å². The van der Waals surface area contributed by atoms with Crippen molar-refractivity contribution in [3.05, 3.63) is 0 Å². The molecule has 2 heteroatoms. The van der Waals surface area contributed by atoms with Crippen LogP contribution in [-0.2, 0) is 0 Å². The van der Waals surface area contributed by atoms with Gasteiger partial charge in [-0.15, -0.1) is 0 Å². The van der Waals surface area contributed by atoms with E-state index in [9.17, 15) is 0 Å². The van der Waals surface area contributed by atoms with Gasteiger partial charge in [0.1, 0.15) is 0 Å². The Kier molecular flexibility index (Phi) is 4.78. The smallest absolute Gasteiger partial charge is 0.00170 e. The van der Waals surface area contributed by atoms with Crippen molar-refractivity contribution < 1.29 is 0 Å². The summed E-state index contributed by atoms with van der Waals surface area (Å²) in [5, 5.41) is 0. The maximum atomic E-state index is 4.43. The molecule has 14 heavy (non-hydrogen) atoms. The van der Waals surface area contributed by atoms with Crippen LogP contribution in [0.5, 0.6) is 0 Å². The molecule has 0 heterocycles. The third-order valence-corrected chi connectivity index (χ3v) is 4.01. The van der Waals surface area contributed by atoms with E-state index in [1.165, 1.54) is 19.5 Å². The second kappa shape index (κ2) is 5.41. The third kappa shape index (κ3) is 3.82. The van der Waals surface area contributed by atoms with Crippen LogP contribution < -0.4 is 0 Å². The molecule has 1 aliphatic carbocycles. The zero-order chi connectivity index (χ0) is 10.7. The van der Waals surface area contributed by atoms with E-state index in [0.29, 0.717) is 0 Å². The molecule has 3 atom stereocenters. The first-order chi connectivity index (χ1) is 6.54. The van der Waals surface area contributed by atoms with E-state index in [0.717, 1.165) is 29.4 Å². The normalized spacial score (nSPS) is 28.5. The lowest BCUT2D eigenvalue weighted by atomic mass is 9.97. The van der Waals surface area contributed by atoms with Crippen molar-refractivity contribution >= 4 is 12.6 Å². The van der Waals surface area contributed by atoms with Gasteiger partial charge in [-0.3, -0.25) is 0 Å². The van der Waals surface area contributed by atoms with E-state index in [2.05, 4.69) is 45.3 Å². The van der Waals surface area contributed by atoms with Crippen LogP contribution in [0.25, 0.3) is 0 Å². The van der Waals surface area contributed by atoms with Crippen LogP contribution in [0.2, 0.25) is 0 Å². The monoisotopic (exact) mass is 215 g/mol. The van der Waals surface area contributed by atoms with Gasteiger partial charge in [0.05, 0.1) is 0 Å². The molecule has 1 fully saturated rings. The number of hydrogen-bond donors (Lipinski definition) is 1. The van der Waals surface area contributed by atoms with Crippen molar-refractivity contribution in [2.24, 2.45) is 23.7 Å². The van der Waals surface area contributed by atoms with Crippen LogP contribution in [0.3, 0.4) is 0 Å². The summed E-state index contributed by atoms with van der Waals surface area (Å²) in [4.78, 5) is 2.50. The Balaban J connectivity index is 2.20. The number of hydrogen-bond acceptors (Lipinski definition) is 2. The number of nitrogens with zero attached hydrogens (tertiary/aromatic N) is 1. The summed E-state index contributed by atoms with van der Waals surface area (Å²) in [6.45, 7) is 9.46. The summed E-state index contributed by atoms with van der Waals surface area (Å²) >= 11 is 4.43. The maximum Gasteiger partial charge on any atom is 0.00170 e. The van der Waals surface area contributed by atoms with Crippen LogP contribution in [0, 0.1) is 23.7 Å². The predicted octanol–water partition coefficient (Wildman–Crippen LogP) is 2.78. The standard InChI is InChI=1S/C12H25NS/c1-9(2)12(8-14)7-13(4)6-11-5-10(11)3/h9-12,14H,5-8H2,1-4H3. The Morgan fingerprint density at radius 1 is 1.43 bits per heavy atom. The van der Waals surface area contributed by atoms with Crippen LogP contribution >= 0.6 is 12.6 Å². The van der Waals surface area contributed by atoms with E-state index >= 15 is 0 Å². The minimum atomic E-state index is 0.748. The molecule has 1 saturated carbocycles.